The zero-order chi connectivity index (χ0) is 31.6. The molecule has 1 heterocycles. The molecule has 43 heavy (non-hydrogen) atoms. The first-order valence-electron chi connectivity index (χ1n) is 14.6. The monoisotopic (exact) mass is 610 g/mol. The SMILES string of the molecule is CC(C)C[C@H](CS(=N)(=N)CCNC(=O)OC(C)(C)C)C(=O)N[C@@H](Cc1c[nH]c2ccccc12)C(=O)NCc1ccccc1. The molecule has 0 unspecified atom stereocenters. The second-order valence-corrected chi connectivity index (χ2v) is 14.8. The average Bonchev–Trinajstić information content (AvgIpc) is 3.32. The maximum Gasteiger partial charge on any atom is 0.407 e. The van der Waals surface area contributed by atoms with Crippen molar-refractivity contribution in [1.29, 1.82) is 9.56 Å². The highest BCUT2D eigenvalue weighted by Crippen LogP contribution is 2.21. The largest absolute Gasteiger partial charge is 0.444 e. The number of nitrogens with one attached hydrogen (secondary N) is 6. The summed E-state index contributed by atoms with van der Waals surface area (Å²) in [6.07, 6.45) is 2.02. The van der Waals surface area contributed by atoms with Crippen molar-refractivity contribution in [2.24, 2.45) is 11.8 Å². The molecule has 0 bridgehead atoms. The molecule has 3 rings (SSSR count). The number of ether oxygens (including phenoxy) is 1. The van der Waals surface area contributed by atoms with Gasteiger partial charge in [0, 0.05) is 54.0 Å². The molecule has 0 radical (unpaired) electrons. The minimum atomic E-state index is -2.73. The number of carbonyl (C=O) groups excluding carboxylic acids is 3. The molecular weight excluding hydrogens is 564 g/mol. The summed E-state index contributed by atoms with van der Waals surface area (Å²) < 4.78 is 22.6. The molecule has 11 heteroatoms. The highest BCUT2D eigenvalue weighted by Gasteiger charge is 2.29. The molecule has 0 saturated heterocycles. The molecule has 0 aliphatic carbocycles. The van der Waals surface area contributed by atoms with E-state index in [2.05, 4.69) is 20.9 Å². The Labute approximate surface area is 255 Å². The van der Waals surface area contributed by atoms with Gasteiger partial charge in [0.05, 0.1) is 0 Å². The molecule has 3 amide bonds. The fourth-order valence-electron chi connectivity index (χ4n) is 4.82. The van der Waals surface area contributed by atoms with Crippen LogP contribution in [0, 0.1) is 21.4 Å². The number of carbonyl (C=O) groups is 3. The molecule has 0 saturated carbocycles. The quantitative estimate of drug-likeness (QED) is 0.145. The van der Waals surface area contributed by atoms with Gasteiger partial charge in [-0.2, -0.15) is 0 Å². The van der Waals surface area contributed by atoms with Crippen LogP contribution in [-0.4, -0.2) is 52.6 Å². The Kier molecular flexibility index (Phi) is 11.8. The summed E-state index contributed by atoms with van der Waals surface area (Å²) in [5.41, 5.74) is 2.15. The number of benzene rings is 2. The summed E-state index contributed by atoms with van der Waals surface area (Å²) in [7, 11) is -2.73. The highest BCUT2D eigenvalue weighted by molar-refractivity contribution is 7.93. The third-order valence-corrected chi connectivity index (χ3v) is 8.65. The number of hydrogen-bond donors (Lipinski definition) is 6. The third-order valence-electron chi connectivity index (χ3n) is 6.77. The lowest BCUT2D eigenvalue weighted by atomic mass is 9.97. The van der Waals surface area contributed by atoms with Crippen molar-refractivity contribution in [2.45, 2.75) is 65.6 Å². The van der Waals surface area contributed by atoms with Crippen LogP contribution in [0.3, 0.4) is 0 Å². The first kappa shape index (κ1) is 33.6. The van der Waals surface area contributed by atoms with Crippen LogP contribution in [0.25, 0.3) is 10.9 Å². The standard InChI is InChI=1S/C32H46N6O4S/c1-22(2)17-25(21-43(33,34)16-15-35-31(41)42-32(3,4)5)29(39)38-28(30(40)37-19-23-11-7-6-8-12-23)18-24-20-36-27-14-10-9-13-26(24)27/h6-14,20,22,25,28,33-34,36H,15-19,21H2,1-5H3,(H,35,41)(H,37,40)(H,38,39)/t25-,28+/m1/s1. The Morgan fingerprint density at radius 2 is 1.63 bits per heavy atom. The fraction of sp³-hybridized carbons (Fsp3) is 0.469. The van der Waals surface area contributed by atoms with Crippen molar-refractivity contribution in [3.8, 4) is 0 Å². The van der Waals surface area contributed by atoms with Crippen LogP contribution in [0.15, 0.2) is 60.8 Å². The van der Waals surface area contributed by atoms with Crippen LogP contribution in [0.1, 0.15) is 52.2 Å². The van der Waals surface area contributed by atoms with Crippen LogP contribution in [0.5, 0.6) is 0 Å². The summed E-state index contributed by atoms with van der Waals surface area (Å²) in [5, 5.41) is 9.54. The number of hydrogen-bond acceptors (Lipinski definition) is 6. The van der Waals surface area contributed by atoms with Gasteiger partial charge < -0.3 is 25.7 Å². The summed E-state index contributed by atoms with van der Waals surface area (Å²) in [4.78, 5) is 42.5. The van der Waals surface area contributed by atoms with Crippen molar-refractivity contribution in [3.05, 3.63) is 71.9 Å². The molecule has 10 nitrogen and oxygen atoms in total. The van der Waals surface area contributed by atoms with Gasteiger partial charge in [-0.05, 0) is 50.3 Å². The van der Waals surface area contributed by atoms with Gasteiger partial charge in [-0.25, -0.2) is 4.79 Å². The third kappa shape index (κ3) is 11.4. The molecule has 3 aromatic rings. The smallest absolute Gasteiger partial charge is 0.407 e. The van der Waals surface area contributed by atoms with E-state index in [9.17, 15) is 14.4 Å². The molecule has 0 spiro atoms. The Morgan fingerprint density at radius 3 is 2.30 bits per heavy atom. The average molecular weight is 611 g/mol. The summed E-state index contributed by atoms with van der Waals surface area (Å²) in [6.45, 7) is 9.71. The number of alkyl carbamates (subject to hydrolysis) is 1. The van der Waals surface area contributed by atoms with E-state index in [0.717, 1.165) is 22.0 Å². The summed E-state index contributed by atoms with van der Waals surface area (Å²) >= 11 is 0. The zero-order valence-corrected chi connectivity index (χ0v) is 26.6. The number of para-hydroxylation sites is 1. The van der Waals surface area contributed by atoms with Gasteiger partial charge >= 0.3 is 6.09 Å². The number of rotatable bonds is 14. The van der Waals surface area contributed by atoms with E-state index in [1.54, 1.807) is 20.8 Å². The fourth-order valence-corrected chi connectivity index (χ4v) is 6.41. The Balaban J connectivity index is 1.74. The van der Waals surface area contributed by atoms with Crippen molar-refractivity contribution >= 4 is 38.4 Å². The van der Waals surface area contributed by atoms with Gasteiger partial charge in [0.25, 0.3) is 0 Å². The minimum Gasteiger partial charge on any atom is -0.444 e. The van der Waals surface area contributed by atoms with Gasteiger partial charge in [-0.3, -0.25) is 19.1 Å². The van der Waals surface area contributed by atoms with Crippen molar-refractivity contribution in [1.82, 2.24) is 20.9 Å². The van der Waals surface area contributed by atoms with Crippen LogP contribution >= 0.6 is 0 Å². The molecule has 234 valence electrons. The summed E-state index contributed by atoms with van der Waals surface area (Å²) in [5.74, 6) is -0.987. The van der Waals surface area contributed by atoms with E-state index < -0.39 is 33.3 Å². The van der Waals surface area contributed by atoms with E-state index in [4.69, 9.17) is 14.3 Å². The number of aromatic nitrogens is 1. The maximum absolute atomic E-state index is 13.7. The second kappa shape index (κ2) is 15.0. The molecular formula is C32H46N6O4S. The van der Waals surface area contributed by atoms with E-state index in [1.807, 2.05) is 74.6 Å². The first-order valence-corrected chi connectivity index (χ1v) is 16.6. The van der Waals surface area contributed by atoms with Gasteiger partial charge in [-0.1, -0.05) is 72.0 Å². The molecule has 0 fully saturated rings. The molecule has 2 atom stereocenters. The van der Waals surface area contributed by atoms with Crippen molar-refractivity contribution in [3.63, 3.8) is 0 Å². The molecule has 2 aromatic carbocycles. The molecule has 1 aromatic heterocycles. The molecule has 0 aliphatic rings. The van der Waals surface area contributed by atoms with Crippen LogP contribution < -0.4 is 16.0 Å². The molecule has 0 aliphatic heterocycles. The van der Waals surface area contributed by atoms with Gasteiger partial charge in [0.15, 0.2) is 0 Å². The predicted octanol–water partition coefficient (Wildman–Crippen LogP) is 5.38. The Hall–Kier alpha value is -3.86. The van der Waals surface area contributed by atoms with Crippen molar-refractivity contribution in [2.75, 3.05) is 18.1 Å². The lowest BCUT2D eigenvalue weighted by Gasteiger charge is -2.25. The van der Waals surface area contributed by atoms with Crippen LogP contribution in [-0.2, 0) is 36.9 Å². The number of amides is 3. The number of H-pyrrole nitrogens is 1. The van der Waals surface area contributed by atoms with Gasteiger partial charge in [0.1, 0.15) is 11.6 Å². The maximum atomic E-state index is 13.7. The molecule has 6 N–H and O–H groups in total. The topological polar surface area (TPSA) is 160 Å². The van der Waals surface area contributed by atoms with Crippen molar-refractivity contribution < 1.29 is 19.1 Å². The van der Waals surface area contributed by atoms with E-state index in [-0.39, 0.29) is 42.2 Å². The van der Waals surface area contributed by atoms with Gasteiger partial charge in [-0.15, -0.1) is 0 Å². The van der Waals surface area contributed by atoms with Crippen LogP contribution in [0.2, 0.25) is 0 Å². The normalized spacial score (nSPS) is 13.3. The lowest BCUT2D eigenvalue weighted by Crippen LogP contribution is -2.50. The number of aromatic amines is 1. The van der Waals surface area contributed by atoms with Crippen LogP contribution in [0.4, 0.5) is 4.79 Å². The Morgan fingerprint density at radius 1 is 0.953 bits per heavy atom. The van der Waals surface area contributed by atoms with E-state index >= 15 is 0 Å². The first-order chi connectivity index (χ1) is 20.2. The zero-order valence-electron chi connectivity index (χ0n) is 25.8. The second-order valence-electron chi connectivity index (χ2n) is 12.3. The van der Waals surface area contributed by atoms with E-state index in [0.29, 0.717) is 13.0 Å². The Bertz CT molecular complexity index is 1480. The minimum absolute atomic E-state index is 0.0401. The lowest BCUT2D eigenvalue weighted by molar-refractivity contribution is -0.131. The van der Waals surface area contributed by atoms with E-state index in [1.165, 1.54) is 0 Å². The number of fused-ring (bicyclic) bond motifs is 1. The highest BCUT2D eigenvalue weighted by atomic mass is 32.2. The summed E-state index contributed by atoms with van der Waals surface area (Å²) in [6, 6.07) is 16.5. The van der Waals surface area contributed by atoms with Gasteiger partial charge in [0.2, 0.25) is 11.8 Å². The predicted molar refractivity (Wildman–Crippen MR) is 172 cm³/mol.